The number of rotatable bonds is 4. The van der Waals surface area contributed by atoms with Gasteiger partial charge < -0.3 is 15.0 Å². The molecule has 7 heteroatoms. The van der Waals surface area contributed by atoms with Crippen LogP contribution in [0.4, 0.5) is 13.2 Å². The van der Waals surface area contributed by atoms with Gasteiger partial charge in [0.1, 0.15) is 12.2 Å². The maximum Gasteiger partial charge on any atom is 0.406 e. The van der Waals surface area contributed by atoms with Crippen molar-refractivity contribution in [3.63, 3.8) is 0 Å². The molecule has 0 unspecified atom stereocenters. The summed E-state index contributed by atoms with van der Waals surface area (Å²) in [6.07, 6.45) is -0.292. The van der Waals surface area contributed by atoms with Gasteiger partial charge >= 0.3 is 6.18 Å². The van der Waals surface area contributed by atoms with Crippen LogP contribution in [0.25, 0.3) is 0 Å². The molecule has 4 nitrogen and oxygen atoms in total. The summed E-state index contributed by atoms with van der Waals surface area (Å²) in [5.74, 6) is -0.209. The van der Waals surface area contributed by atoms with Gasteiger partial charge in [0.25, 0.3) is 5.91 Å². The van der Waals surface area contributed by atoms with Crippen LogP contribution in [0.15, 0.2) is 18.3 Å². The molecule has 1 aromatic heterocycles. The molecule has 0 atom stereocenters. The van der Waals surface area contributed by atoms with Crippen LogP contribution in [0.2, 0.25) is 0 Å². The van der Waals surface area contributed by atoms with E-state index in [1.807, 2.05) is 0 Å². The molecule has 0 saturated heterocycles. The maximum atomic E-state index is 12.4. The summed E-state index contributed by atoms with van der Waals surface area (Å²) in [6.45, 7) is -0.735. The van der Waals surface area contributed by atoms with Gasteiger partial charge in [-0.05, 0) is 43.7 Å². The molecule has 118 valence electrons. The predicted molar refractivity (Wildman–Crippen MR) is 70.8 cm³/mol. The van der Waals surface area contributed by atoms with Crippen molar-refractivity contribution in [3.05, 3.63) is 24.0 Å². The molecule has 1 aliphatic carbocycles. The molecule has 2 rings (SSSR count). The topological polar surface area (TPSA) is 54.3 Å². The van der Waals surface area contributed by atoms with Crippen LogP contribution in [0.3, 0.4) is 0 Å². The Labute approximate surface area is 120 Å². The molecule has 1 heterocycles. The van der Waals surface area contributed by atoms with Crippen molar-refractivity contribution >= 4 is 5.91 Å². The first-order valence-corrected chi connectivity index (χ1v) is 7.03. The number of carbonyl (C=O) groups excluding carboxylic acids is 1. The molecule has 0 radical (unpaired) electrons. The minimum Gasteiger partial charge on any atom is -0.393 e. The van der Waals surface area contributed by atoms with Gasteiger partial charge in [0, 0.05) is 12.7 Å². The van der Waals surface area contributed by atoms with Gasteiger partial charge in [0.2, 0.25) is 0 Å². The van der Waals surface area contributed by atoms with Gasteiger partial charge in [0.15, 0.2) is 0 Å². The van der Waals surface area contributed by atoms with Crippen molar-refractivity contribution in [3.8, 4) is 0 Å². The molecule has 1 aromatic rings. The first kappa shape index (κ1) is 15.9. The molecule has 1 aliphatic rings. The van der Waals surface area contributed by atoms with Crippen molar-refractivity contribution in [2.75, 3.05) is 6.54 Å². The van der Waals surface area contributed by atoms with Crippen LogP contribution in [0, 0.1) is 5.92 Å². The third kappa shape index (κ3) is 4.77. The smallest absolute Gasteiger partial charge is 0.393 e. The number of hydrogen-bond donors (Lipinski definition) is 2. The highest BCUT2D eigenvalue weighted by atomic mass is 19.4. The lowest BCUT2D eigenvalue weighted by Gasteiger charge is -2.25. The van der Waals surface area contributed by atoms with Crippen molar-refractivity contribution in [1.29, 1.82) is 0 Å². The molecule has 2 N–H and O–H groups in total. The molecule has 1 saturated carbocycles. The molecular weight excluding hydrogens is 285 g/mol. The van der Waals surface area contributed by atoms with Crippen molar-refractivity contribution < 1.29 is 23.1 Å². The Balaban J connectivity index is 1.87. The van der Waals surface area contributed by atoms with E-state index in [1.54, 1.807) is 0 Å². The van der Waals surface area contributed by atoms with E-state index in [2.05, 4.69) is 5.32 Å². The van der Waals surface area contributed by atoms with Gasteiger partial charge in [-0.3, -0.25) is 4.79 Å². The Kier molecular flexibility index (Phi) is 4.92. The number of carbonyl (C=O) groups is 1. The molecule has 0 bridgehead atoms. The van der Waals surface area contributed by atoms with E-state index >= 15 is 0 Å². The average Bonchev–Trinajstić information content (AvgIpc) is 2.83. The van der Waals surface area contributed by atoms with E-state index < -0.39 is 18.6 Å². The highest BCUT2D eigenvalue weighted by Crippen LogP contribution is 2.23. The quantitative estimate of drug-likeness (QED) is 0.897. The summed E-state index contributed by atoms with van der Waals surface area (Å²) < 4.78 is 38.1. The normalized spacial score (nSPS) is 23.0. The van der Waals surface area contributed by atoms with Gasteiger partial charge in [0.05, 0.1) is 6.10 Å². The molecule has 0 aliphatic heterocycles. The summed E-state index contributed by atoms with van der Waals surface area (Å²) >= 11 is 0. The lowest BCUT2D eigenvalue weighted by molar-refractivity contribution is -0.140. The number of nitrogens with zero attached hydrogens (tertiary/aromatic N) is 1. The zero-order chi connectivity index (χ0) is 15.5. The summed E-state index contributed by atoms with van der Waals surface area (Å²) in [7, 11) is 0. The van der Waals surface area contributed by atoms with Crippen molar-refractivity contribution in [2.24, 2.45) is 5.92 Å². The van der Waals surface area contributed by atoms with E-state index in [4.69, 9.17) is 0 Å². The minimum absolute atomic E-state index is 0.0168. The Bertz CT molecular complexity index is 477. The lowest BCUT2D eigenvalue weighted by Crippen LogP contribution is -2.33. The Hall–Kier alpha value is -1.50. The highest BCUT2D eigenvalue weighted by Gasteiger charge is 2.29. The number of nitrogens with one attached hydrogen (secondary N) is 1. The molecule has 1 fully saturated rings. The number of aromatic nitrogens is 1. The van der Waals surface area contributed by atoms with Gasteiger partial charge in [-0.1, -0.05) is 0 Å². The second-order valence-electron chi connectivity index (χ2n) is 5.52. The van der Waals surface area contributed by atoms with Gasteiger partial charge in [-0.25, -0.2) is 0 Å². The van der Waals surface area contributed by atoms with E-state index in [9.17, 15) is 23.1 Å². The number of aliphatic hydroxyl groups excluding tert-OH is 1. The lowest BCUT2D eigenvalue weighted by atomic mass is 9.87. The van der Waals surface area contributed by atoms with Crippen LogP contribution in [0.5, 0.6) is 0 Å². The summed E-state index contributed by atoms with van der Waals surface area (Å²) in [5, 5.41) is 12.1. The largest absolute Gasteiger partial charge is 0.406 e. The summed E-state index contributed by atoms with van der Waals surface area (Å²) in [6, 6.07) is 2.81. The predicted octanol–water partition coefficient (Wildman–Crippen LogP) is 2.33. The van der Waals surface area contributed by atoms with Crippen LogP contribution < -0.4 is 5.32 Å². The SMILES string of the molecule is O=C(NCC1CCC(O)CC1)c1cccn1CC(F)(F)F. The number of aliphatic hydroxyl groups is 1. The van der Waals surface area contributed by atoms with E-state index in [1.165, 1.54) is 18.3 Å². The average molecular weight is 304 g/mol. The third-order valence-electron chi connectivity index (χ3n) is 3.78. The third-order valence-corrected chi connectivity index (χ3v) is 3.78. The van der Waals surface area contributed by atoms with E-state index in [-0.39, 0.29) is 17.7 Å². The first-order chi connectivity index (χ1) is 9.85. The monoisotopic (exact) mass is 304 g/mol. The first-order valence-electron chi connectivity index (χ1n) is 7.03. The van der Waals surface area contributed by atoms with Gasteiger partial charge in [-0.15, -0.1) is 0 Å². The Morgan fingerprint density at radius 3 is 2.62 bits per heavy atom. The standard InChI is InChI=1S/C14H19F3N2O2/c15-14(16,17)9-19-7-1-2-12(19)13(21)18-8-10-3-5-11(20)6-4-10/h1-2,7,10-11,20H,3-6,8-9H2,(H,18,21). The van der Waals surface area contributed by atoms with Crippen LogP contribution in [-0.4, -0.2) is 34.4 Å². The second kappa shape index (κ2) is 6.51. The molecule has 21 heavy (non-hydrogen) atoms. The van der Waals surface area contributed by atoms with Crippen LogP contribution >= 0.6 is 0 Å². The van der Waals surface area contributed by atoms with Gasteiger partial charge in [-0.2, -0.15) is 13.2 Å². The number of amides is 1. The zero-order valence-corrected chi connectivity index (χ0v) is 11.6. The van der Waals surface area contributed by atoms with E-state index in [0.717, 1.165) is 17.4 Å². The fourth-order valence-electron chi connectivity index (χ4n) is 2.63. The Morgan fingerprint density at radius 2 is 2.00 bits per heavy atom. The number of alkyl halides is 3. The Morgan fingerprint density at radius 1 is 1.33 bits per heavy atom. The van der Waals surface area contributed by atoms with Crippen molar-refractivity contribution in [1.82, 2.24) is 9.88 Å². The zero-order valence-electron chi connectivity index (χ0n) is 11.6. The molecule has 0 spiro atoms. The van der Waals surface area contributed by atoms with Crippen molar-refractivity contribution in [2.45, 2.75) is 44.5 Å². The van der Waals surface area contributed by atoms with Crippen LogP contribution in [0.1, 0.15) is 36.2 Å². The number of halogens is 3. The highest BCUT2D eigenvalue weighted by molar-refractivity contribution is 5.92. The fourth-order valence-corrected chi connectivity index (χ4v) is 2.63. The number of hydrogen-bond acceptors (Lipinski definition) is 2. The summed E-state index contributed by atoms with van der Waals surface area (Å²) in [4.78, 5) is 12.0. The minimum atomic E-state index is -4.35. The second-order valence-corrected chi connectivity index (χ2v) is 5.52. The van der Waals surface area contributed by atoms with Crippen LogP contribution in [-0.2, 0) is 6.54 Å². The fraction of sp³-hybridized carbons (Fsp3) is 0.643. The molecule has 0 aromatic carbocycles. The summed E-state index contributed by atoms with van der Waals surface area (Å²) in [5.41, 5.74) is 0.0168. The van der Waals surface area contributed by atoms with E-state index in [0.29, 0.717) is 19.4 Å². The maximum absolute atomic E-state index is 12.4. The molecule has 1 amide bonds. The molecular formula is C14H19F3N2O2.